The number of methoxy groups -OCH3 is 2. The summed E-state index contributed by atoms with van der Waals surface area (Å²) in [5.74, 6) is 0.764. The van der Waals surface area contributed by atoms with Gasteiger partial charge in [0, 0.05) is 37.6 Å². The van der Waals surface area contributed by atoms with E-state index in [1.165, 1.54) is 24.6 Å². The lowest BCUT2D eigenvalue weighted by atomic mass is 9.92. The van der Waals surface area contributed by atoms with Gasteiger partial charge in [-0.15, -0.1) is 0 Å². The van der Waals surface area contributed by atoms with Crippen LogP contribution < -0.4 is 9.47 Å². The zero-order valence-electron chi connectivity index (χ0n) is 15.0. The summed E-state index contributed by atoms with van der Waals surface area (Å²) in [6.45, 7) is 2.35. The molecule has 0 radical (unpaired) electrons. The van der Waals surface area contributed by atoms with Gasteiger partial charge >= 0.3 is 0 Å². The summed E-state index contributed by atoms with van der Waals surface area (Å²) in [7, 11) is -0.707. The molecule has 6 nitrogen and oxygen atoms in total. The van der Waals surface area contributed by atoms with E-state index >= 15 is 0 Å². The first-order chi connectivity index (χ1) is 12.4. The van der Waals surface area contributed by atoms with E-state index in [4.69, 9.17) is 9.47 Å². The molecule has 1 aliphatic rings. The van der Waals surface area contributed by atoms with Crippen LogP contribution in [-0.4, -0.2) is 51.7 Å². The molecule has 0 saturated carbocycles. The van der Waals surface area contributed by atoms with Crippen LogP contribution in [0.3, 0.4) is 0 Å². The lowest BCUT2D eigenvalue weighted by Gasteiger charge is -2.19. The van der Waals surface area contributed by atoms with E-state index in [1.54, 1.807) is 24.3 Å². The predicted octanol–water partition coefficient (Wildman–Crippen LogP) is 2.47. The van der Waals surface area contributed by atoms with Crippen molar-refractivity contribution in [3.05, 3.63) is 40.1 Å². The average molecular weight is 398 g/mol. The molecule has 1 aromatic heterocycles. The first-order valence-electron chi connectivity index (χ1n) is 8.28. The number of ether oxygens (including phenoxy) is 2. The Labute approximate surface area is 158 Å². The molecule has 0 spiro atoms. The Hall–Kier alpha value is -1.61. The molecule has 26 heavy (non-hydrogen) atoms. The Morgan fingerprint density at radius 2 is 1.92 bits per heavy atom. The van der Waals surface area contributed by atoms with Gasteiger partial charge in [0.1, 0.15) is 0 Å². The molecule has 0 aliphatic carbocycles. The van der Waals surface area contributed by atoms with Gasteiger partial charge in [-0.3, -0.25) is 0 Å². The van der Waals surface area contributed by atoms with Crippen molar-refractivity contribution in [1.82, 2.24) is 4.31 Å². The number of hydrogen-bond acceptors (Lipinski definition) is 6. The van der Waals surface area contributed by atoms with E-state index in [0.29, 0.717) is 30.2 Å². The molecule has 1 aliphatic heterocycles. The van der Waals surface area contributed by atoms with Gasteiger partial charge in [0.25, 0.3) is 0 Å². The molecule has 2 heterocycles. The number of thiophene rings is 1. The van der Waals surface area contributed by atoms with Crippen LogP contribution in [0.2, 0.25) is 0 Å². The second-order valence-corrected chi connectivity index (χ2v) is 9.09. The Kier molecular flexibility index (Phi) is 5.57. The van der Waals surface area contributed by atoms with E-state index in [0.717, 1.165) is 5.56 Å². The highest BCUT2D eigenvalue weighted by molar-refractivity contribution is 7.89. The third-order valence-corrected chi connectivity index (χ3v) is 7.59. The average Bonchev–Trinajstić information content (AvgIpc) is 3.30. The molecule has 0 amide bonds. The van der Waals surface area contributed by atoms with Crippen LogP contribution in [0, 0.1) is 12.8 Å². The molecule has 2 aromatic rings. The zero-order chi connectivity index (χ0) is 18.9. The monoisotopic (exact) mass is 397 g/mol. The van der Waals surface area contributed by atoms with Gasteiger partial charge in [-0.2, -0.15) is 15.6 Å². The van der Waals surface area contributed by atoms with Crippen molar-refractivity contribution >= 4 is 21.4 Å². The van der Waals surface area contributed by atoms with Gasteiger partial charge < -0.3 is 14.6 Å². The number of aliphatic hydroxyl groups is 1. The Morgan fingerprint density at radius 3 is 2.50 bits per heavy atom. The van der Waals surface area contributed by atoms with Crippen molar-refractivity contribution in [2.24, 2.45) is 5.92 Å². The second-order valence-electron chi connectivity index (χ2n) is 6.40. The maximum Gasteiger partial charge on any atom is 0.243 e. The fourth-order valence-corrected chi connectivity index (χ4v) is 5.92. The fourth-order valence-electron chi connectivity index (χ4n) is 3.46. The maximum absolute atomic E-state index is 13.3. The lowest BCUT2D eigenvalue weighted by molar-refractivity contribution is 0.223. The standard InChI is InChI=1S/C18H23NO5S2/c1-12-6-16(23-2)17(24-3)7-18(12)26(21,22)19-8-14(10-20)15(9-19)13-4-5-25-11-13/h4-7,11,14-15,20H,8-10H2,1-3H3/t14-,15+/m1/s1. The minimum absolute atomic E-state index is 0.00137. The van der Waals surface area contributed by atoms with Gasteiger partial charge in [0.2, 0.25) is 10.0 Å². The van der Waals surface area contributed by atoms with Crippen molar-refractivity contribution in [3.8, 4) is 11.5 Å². The SMILES string of the molecule is COc1cc(C)c(S(=O)(=O)N2C[C@H](CO)[C@H](c3ccsc3)C2)cc1OC. The Bertz CT molecular complexity index is 864. The van der Waals surface area contributed by atoms with E-state index in [1.807, 2.05) is 16.8 Å². The quantitative estimate of drug-likeness (QED) is 0.810. The normalized spacial score (nSPS) is 21.1. The largest absolute Gasteiger partial charge is 0.493 e. The van der Waals surface area contributed by atoms with Gasteiger partial charge in [-0.05, 0) is 40.9 Å². The van der Waals surface area contributed by atoms with Crippen LogP contribution in [0.5, 0.6) is 11.5 Å². The van der Waals surface area contributed by atoms with Crippen LogP contribution in [0.4, 0.5) is 0 Å². The van der Waals surface area contributed by atoms with Crippen LogP contribution >= 0.6 is 11.3 Å². The summed E-state index contributed by atoms with van der Waals surface area (Å²) in [4.78, 5) is 0.206. The molecule has 3 rings (SSSR count). The summed E-state index contributed by atoms with van der Waals surface area (Å²) < 4.78 is 38.5. The topological polar surface area (TPSA) is 76.1 Å². The summed E-state index contributed by atoms with van der Waals surface area (Å²) >= 11 is 1.58. The second kappa shape index (κ2) is 7.56. The Morgan fingerprint density at radius 1 is 1.23 bits per heavy atom. The fraction of sp³-hybridized carbons (Fsp3) is 0.444. The van der Waals surface area contributed by atoms with E-state index in [9.17, 15) is 13.5 Å². The van der Waals surface area contributed by atoms with Crippen LogP contribution in [0.25, 0.3) is 0 Å². The Balaban J connectivity index is 1.96. The molecular formula is C18H23NO5S2. The third kappa shape index (κ3) is 3.34. The van der Waals surface area contributed by atoms with Gasteiger partial charge in [0.05, 0.1) is 19.1 Å². The highest BCUT2D eigenvalue weighted by Crippen LogP contribution is 2.39. The predicted molar refractivity (Wildman–Crippen MR) is 101 cm³/mol. The number of hydrogen-bond donors (Lipinski definition) is 1. The number of nitrogens with zero attached hydrogens (tertiary/aromatic N) is 1. The minimum atomic E-state index is -3.70. The molecule has 8 heteroatoms. The molecule has 2 atom stereocenters. The molecule has 142 valence electrons. The highest BCUT2D eigenvalue weighted by Gasteiger charge is 2.40. The van der Waals surface area contributed by atoms with Crippen LogP contribution in [-0.2, 0) is 10.0 Å². The number of rotatable bonds is 6. The molecule has 0 bridgehead atoms. The van der Waals surface area contributed by atoms with Crippen LogP contribution in [0.15, 0.2) is 33.9 Å². The first kappa shape index (κ1) is 19.2. The lowest BCUT2D eigenvalue weighted by Crippen LogP contribution is -2.30. The van der Waals surface area contributed by atoms with E-state index < -0.39 is 10.0 Å². The number of benzene rings is 1. The number of aryl methyl sites for hydroxylation is 1. The van der Waals surface area contributed by atoms with Crippen molar-refractivity contribution in [2.45, 2.75) is 17.7 Å². The van der Waals surface area contributed by atoms with E-state index in [2.05, 4.69) is 0 Å². The molecule has 1 N–H and O–H groups in total. The van der Waals surface area contributed by atoms with Crippen molar-refractivity contribution in [3.63, 3.8) is 0 Å². The van der Waals surface area contributed by atoms with Crippen LogP contribution in [0.1, 0.15) is 17.0 Å². The third-order valence-electron chi connectivity index (χ3n) is 4.91. The minimum Gasteiger partial charge on any atom is -0.493 e. The maximum atomic E-state index is 13.3. The van der Waals surface area contributed by atoms with E-state index in [-0.39, 0.29) is 23.3 Å². The first-order valence-corrected chi connectivity index (χ1v) is 10.7. The highest BCUT2D eigenvalue weighted by atomic mass is 32.2. The number of aliphatic hydroxyl groups excluding tert-OH is 1. The van der Waals surface area contributed by atoms with Crippen molar-refractivity contribution in [2.75, 3.05) is 33.9 Å². The molecule has 0 unspecified atom stereocenters. The smallest absolute Gasteiger partial charge is 0.243 e. The summed E-state index contributed by atoms with van der Waals surface area (Å²) in [6.07, 6.45) is 0. The number of sulfonamides is 1. The molecule has 1 aromatic carbocycles. The summed E-state index contributed by atoms with van der Waals surface area (Å²) in [5.41, 5.74) is 1.68. The van der Waals surface area contributed by atoms with Crippen molar-refractivity contribution < 1.29 is 23.0 Å². The summed E-state index contributed by atoms with van der Waals surface area (Å²) in [5, 5.41) is 13.7. The van der Waals surface area contributed by atoms with Gasteiger partial charge in [-0.1, -0.05) is 0 Å². The van der Waals surface area contributed by atoms with Crippen molar-refractivity contribution in [1.29, 1.82) is 0 Å². The molecular weight excluding hydrogens is 374 g/mol. The molecule has 1 saturated heterocycles. The van der Waals surface area contributed by atoms with Gasteiger partial charge in [0.15, 0.2) is 11.5 Å². The summed E-state index contributed by atoms with van der Waals surface area (Å²) in [6, 6.07) is 5.17. The molecule has 1 fully saturated rings. The van der Waals surface area contributed by atoms with Gasteiger partial charge in [-0.25, -0.2) is 8.42 Å². The zero-order valence-corrected chi connectivity index (χ0v) is 16.6.